The van der Waals surface area contributed by atoms with E-state index in [9.17, 15) is 9.59 Å². The molecule has 0 aliphatic carbocycles. The van der Waals surface area contributed by atoms with E-state index in [0.717, 1.165) is 0 Å². The first-order valence-corrected chi connectivity index (χ1v) is 7.67. The first-order chi connectivity index (χ1) is 11.2. The van der Waals surface area contributed by atoms with Gasteiger partial charge in [-0.05, 0) is 18.2 Å². The highest BCUT2D eigenvalue weighted by Gasteiger charge is 2.18. The highest BCUT2D eigenvalue weighted by atomic mass is 35.5. The first kappa shape index (κ1) is 20.4. The molecule has 24 heavy (non-hydrogen) atoms. The number of methoxy groups -OCH3 is 1. The molecule has 1 aromatic carbocycles. The van der Waals surface area contributed by atoms with Gasteiger partial charge in [0.05, 0.1) is 26.4 Å². The molecular weight excluding hydrogens is 334 g/mol. The Morgan fingerprint density at radius 1 is 1.29 bits per heavy atom. The number of carbonyl (C=O) groups excluding carboxylic acids is 2. The minimum Gasteiger partial charge on any atom is -0.383 e. The first-order valence-electron chi connectivity index (χ1n) is 7.67. The summed E-state index contributed by atoms with van der Waals surface area (Å²) >= 11 is 0. The van der Waals surface area contributed by atoms with Crippen molar-refractivity contribution in [1.29, 1.82) is 0 Å². The van der Waals surface area contributed by atoms with Gasteiger partial charge in [-0.2, -0.15) is 0 Å². The molecule has 0 radical (unpaired) electrons. The number of hydrogen-bond acceptors (Lipinski definition) is 5. The summed E-state index contributed by atoms with van der Waals surface area (Å²) in [6.45, 7) is 3.68. The topological polar surface area (TPSA) is 79.9 Å². The summed E-state index contributed by atoms with van der Waals surface area (Å²) in [5, 5.41) is 5.75. The number of ether oxygens (including phenoxy) is 2. The molecular formula is C16H24ClN3O4. The Bertz CT molecular complexity index is 536. The van der Waals surface area contributed by atoms with Crippen molar-refractivity contribution in [2.45, 2.75) is 0 Å². The number of nitrogens with zero attached hydrogens (tertiary/aromatic N) is 1. The van der Waals surface area contributed by atoms with E-state index in [0.29, 0.717) is 50.7 Å². The van der Waals surface area contributed by atoms with E-state index in [1.165, 1.54) is 0 Å². The van der Waals surface area contributed by atoms with Crippen LogP contribution in [-0.4, -0.2) is 69.8 Å². The Balaban J connectivity index is 0.00000288. The Labute approximate surface area is 148 Å². The lowest BCUT2D eigenvalue weighted by Crippen LogP contribution is -2.40. The zero-order valence-corrected chi connectivity index (χ0v) is 14.6. The van der Waals surface area contributed by atoms with Crippen molar-refractivity contribution >= 4 is 29.9 Å². The number of anilines is 1. The zero-order chi connectivity index (χ0) is 16.5. The molecule has 1 saturated heterocycles. The third-order valence-corrected chi connectivity index (χ3v) is 3.46. The molecule has 134 valence electrons. The predicted molar refractivity (Wildman–Crippen MR) is 93.8 cm³/mol. The van der Waals surface area contributed by atoms with Crippen molar-refractivity contribution < 1.29 is 19.1 Å². The number of amides is 2. The Hall–Kier alpha value is -1.67. The van der Waals surface area contributed by atoms with Crippen molar-refractivity contribution in [1.82, 2.24) is 10.2 Å². The number of halogens is 1. The average molecular weight is 358 g/mol. The second kappa shape index (κ2) is 11.0. The van der Waals surface area contributed by atoms with Gasteiger partial charge in [-0.1, -0.05) is 6.07 Å². The van der Waals surface area contributed by atoms with E-state index in [1.807, 2.05) is 0 Å². The third-order valence-electron chi connectivity index (χ3n) is 3.46. The molecule has 0 atom stereocenters. The van der Waals surface area contributed by atoms with Crippen molar-refractivity contribution in [3.05, 3.63) is 29.8 Å². The van der Waals surface area contributed by atoms with Crippen LogP contribution in [-0.2, 0) is 14.3 Å². The van der Waals surface area contributed by atoms with Crippen LogP contribution in [0.3, 0.4) is 0 Å². The van der Waals surface area contributed by atoms with E-state index in [4.69, 9.17) is 9.47 Å². The van der Waals surface area contributed by atoms with Gasteiger partial charge in [0, 0.05) is 38.0 Å². The normalized spacial score (nSPS) is 14.0. The molecule has 2 rings (SSSR count). The van der Waals surface area contributed by atoms with Crippen LogP contribution in [0.15, 0.2) is 24.3 Å². The van der Waals surface area contributed by atoms with Crippen LogP contribution < -0.4 is 10.6 Å². The predicted octanol–water partition coefficient (Wildman–Crippen LogP) is 0.755. The summed E-state index contributed by atoms with van der Waals surface area (Å²) < 4.78 is 10.1. The van der Waals surface area contributed by atoms with Gasteiger partial charge in [-0.15, -0.1) is 12.4 Å². The smallest absolute Gasteiger partial charge is 0.254 e. The Morgan fingerprint density at radius 3 is 2.75 bits per heavy atom. The number of rotatable bonds is 7. The molecule has 7 nitrogen and oxygen atoms in total. The van der Waals surface area contributed by atoms with Gasteiger partial charge in [0.1, 0.15) is 0 Å². The number of carbonyl (C=O) groups is 2. The van der Waals surface area contributed by atoms with Crippen molar-refractivity contribution in [2.24, 2.45) is 0 Å². The van der Waals surface area contributed by atoms with Gasteiger partial charge in [0.2, 0.25) is 5.91 Å². The number of hydrogen-bond donors (Lipinski definition) is 2. The zero-order valence-electron chi connectivity index (χ0n) is 13.7. The van der Waals surface area contributed by atoms with Crippen LogP contribution in [0.2, 0.25) is 0 Å². The number of benzene rings is 1. The molecule has 0 bridgehead atoms. The van der Waals surface area contributed by atoms with Gasteiger partial charge in [-0.25, -0.2) is 0 Å². The molecule has 0 saturated carbocycles. The molecule has 0 unspecified atom stereocenters. The van der Waals surface area contributed by atoms with Crippen molar-refractivity contribution in [2.75, 3.05) is 58.4 Å². The van der Waals surface area contributed by atoms with Crippen molar-refractivity contribution in [3.63, 3.8) is 0 Å². The lowest BCUT2D eigenvalue weighted by atomic mass is 10.1. The van der Waals surface area contributed by atoms with Crippen LogP contribution >= 0.6 is 12.4 Å². The van der Waals surface area contributed by atoms with Gasteiger partial charge >= 0.3 is 0 Å². The van der Waals surface area contributed by atoms with E-state index in [-0.39, 0.29) is 30.8 Å². The summed E-state index contributed by atoms with van der Waals surface area (Å²) in [6, 6.07) is 6.99. The van der Waals surface area contributed by atoms with Gasteiger partial charge < -0.3 is 25.0 Å². The Morgan fingerprint density at radius 2 is 2.04 bits per heavy atom. The quantitative estimate of drug-likeness (QED) is 0.704. The highest BCUT2D eigenvalue weighted by molar-refractivity contribution is 5.97. The monoisotopic (exact) mass is 357 g/mol. The summed E-state index contributed by atoms with van der Waals surface area (Å²) in [5.74, 6) is -0.195. The molecule has 1 aliphatic heterocycles. The molecule has 1 aromatic rings. The van der Waals surface area contributed by atoms with Gasteiger partial charge in [-0.3, -0.25) is 9.59 Å². The van der Waals surface area contributed by atoms with E-state index in [2.05, 4.69) is 10.6 Å². The van der Waals surface area contributed by atoms with Gasteiger partial charge in [0.15, 0.2) is 0 Å². The minimum absolute atomic E-state index is 0. The van der Waals surface area contributed by atoms with E-state index in [1.54, 1.807) is 36.3 Å². The fourth-order valence-corrected chi connectivity index (χ4v) is 2.26. The molecule has 2 amide bonds. The molecule has 8 heteroatoms. The van der Waals surface area contributed by atoms with Crippen LogP contribution in [0, 0.1) is 0 Å². The number of morpholine rings is 1. The second-order valence-electron chi connectivity index (χ2n) is 5.20. The fraction of sp³-hybridized carbons (Fsp3) is 0.500. The van der Waals surface area contributed by atoms with Crippen molar-refractivity contribution in [3.8, 4) is 0 Å². The molecule has 2 N–H and O–H groups in total. The Kier molecular flexibility index (Phi) is 9.33. The molecule has 1 fully saturated rings. The van der Waals surface area contributed by atoms with Crippen LogP contribution in [0.5, 0.6) is 0 Å². The lowest BCUT2D eigenvalue weighted by Gasteiger charge is -2.27. The molecule has 1 heterocycles. The maximum absolute atomic E-state index is 12.4. The minimum atomic E-state index is -0.155. The third kappa shape index (κ3) is 6.45. The summed E-state index contributed by atoms with van der Waals surface area (Å²) in [6.07, 6.45) is 0. The fourth-order valence-electron chi connectivity index (χ4n) is 2.26. The largest absolute Gasteiger partial charge is 0.383 e. The SMILES string of the molecule is COCCNCC(=O)Nc1cccc(C(=O)N2CCOCC2)c1.Cl. The summed E-state index contributed by atoms with van der Waals surface area (Å²) in [7, 11) is 1.61. The van der Waals surface area contributed by atoms with E-state index >= 15 is 0 Å². The maximum Gasteiger partial charge on any atom is 0.254 e. The lowest BCUT2D eigenvalue weighted by molar-refractivity contribution is -0.115. The highest BCUT2D eigenvalue weighted by Crippen LogP contribution is 2.13. The summed E-state index contributed by atoms with van der Waals surface area (Å²) in [5.41, 5.74) is 1.18. The van der Waals surface area contributed by atoms with Crippen LogP contribution in [0.25, 0.3) is 0 Å². The average Bonchev–Trinajstić information content (AvgIpc) is 2.59. The summed E-state index contributed by atoms with van der Waals surface area (Å²) in [4.78, 5) is 26.0. The molecule has 0 aromatic heterocycles. The van der Waals surface area contributed by atoms with Crippen LogP contribution in [0.4, 0.5) is 5.69 Å². The maximum atomic E-state index is 12.4. The van der Waals surface area contributed by atoms with Crippen LogP contribution in [0.1, 0.15) is 10.4 Å². The molecule has 0 spiro atoms. The second-order valence-corrected chi connectivity index (χ2v) is 5.20. The van der Waals surface area contributed by atoms with Gasteiger partial charge in [0.25, 0.3) is 5.91 Å². The standard InChI is InChI=1S/C16H23N3O4.ClH/c1-22-8-5-17-12-15(20)18-14-4-2-3-13(11-14)16(21)19-6-9-23-10-7-19;/h2-4,11,17H,5-10,12H2,1H3,(H,18,20);1H. The molecule has 1 aliphatic rings. The van der Waals surface area contributed by atoms with E-state index < -0.39 is 0 Å². The number of nitrogens with one attached hydrogen (secondary N) is 2.